The van der Waals surface area contributed by atoms with Crippen molar-refractivity contribution in [3.63, 3.8) is 0 Å². The quantitative estimate of drug-likeness (QED) is 0.571. The molecule has 0 radical (unpaired) electrons. The van der Waals surface area contributed by atoms with Gasteiger partial charge in [-0.1, -0.05) is 30.3 Å². The van der Waals surface area contributed by atoms with E-state index in [0.717, 1.165) is 11.3 Å². The Morgan fingerprint density at radius 2 is 1.89 bits per heavy atom. The third kappa shape index (κ3) is 3.52. The van der Waals surface area contributed by atoms with E-state index in [2.05, 4.69) is 10.4 Å². The number of oxazole rings is 1. The second-order valence-electron chi connectivity index (χ2n) is 6.09. The minimum Gasteiger partial charge on any atom is -0.408 e. The summed E-state index contributed by atoms with van der Waals surface area (Å²) in [6.45, 7) is 0.651. The second kappa shape index (κ2) is 7.33. The van der Waals surface area contributed by atoms with E-state index in [0.29, 0.717) is 17.6 Å². The number of hydrogen-bond acceptors (Lipinski definition) is 4. The van der Waals surface area contributed by atoms with Crippen molar-refractivity contribution in [2.24, 2.45) is 0 Å². The number of rotatable bonds is 6. The first-order chi connectivity index (χ1) is 13.2. The summed E-state index contributed by atoms with van der Waals surface area (Å²) < 4.78 is 8.43. The van der Waals surface area contributed by atoms with Crippen molar-refractivity contribution in [1.82, 2.24) is 19.7 Å². The van der Waals surface area contributed by atoms with Crippen molar-refractivity contribution < 1.29 is 9.21 Å². The topological polar surface area (TPSA) is 82.1 Å². The predicted octanol–water partition coefficient (Wildman–Crippen LogP) is 2.49. The third-order valence-corrected chi connectivity index (χ3v) is 4.36. The van der Waals surface area contributed by atoms with Crippen LogP contribution in [0.4, 0.5) is 0 Å². The molecule has 2 heterocycles. The summed E-state index contributed by atoms with van der Waals surface area (Å²) >= 11 is 0. The lowest BCUT2D eigenvalue weighted by Gasteiger charge is -2.11. The number of para-hydroxylation sites is 3. The minimum atomic E-state index is -0.451. The molecule has 0 fully saturated rings. The molecule has 2 aromatic carbocycles. The first-order valence-electron chi connectivity index (χ1n) is 8.65. The van der Waals surface area contributed by atoms with E-state index in [1.165, 1.54) is 4.57 Å². The Kier molecular flexibility index (Phi) is 4.57. The van der Waals surface area contributed by atoms with Crippen molar-refractivity contribution in [3.8, 4) is 5.69 Å². The number of carbonyl (C=O) groups excluding carboxylic acids is 1. The van der Waals surface area contributed by atoms with Crippen molar-refractivity contribution in [2.75, 3.05) is 0 Å². The number of aryl methyl sites for hydroxylation is 1. The molecule has 0 spiro atoms. The van der Waals surface area contributed by atoms with Crippen LogP contribution in [0.1, 0.15) is 12.0 Å². The molecular formula is C20H18N4O3. The largest absolute Gasteiger partial charge is 0.419 e. The molecule has 27 heavy (non-hydrogen) atoms. The lowest BCUT2D eigenvalue weighted by Crippen LogP contribution is -2.26. The molecule has 136 valence electrons. The van der Waals surface area contributed by atoms with E-state index < -0.39 is 5.76 Å². The van der Waals surface area contributed by atoms with Gasteiger partial charge in [0.05, 0.1) is 11.2 Å². The van der Waals surface area contributed by atoms with Gasteiger partial charge in [-0.3, -0.25) is 9.36 Å². The zero-order chi connectivity index (χ0) is 18.6. The highest BCUT2D eigenvalue weighted by molar-refractivity contribution is 5.76. The number of nitrogens with zero attached hydrogens (tertiary/aromatic N) is 3. The van der Waals surface area contributed by atoms with E-state index in [1.807, 2.05) is 42.6 Å². The smallest absolute Gasteiger partial charge is 0.408 e. The van der Waals surface area contributed by atoms with Gasteiger partial charge in [-0.2, -0.15) is 5.10 Å². The van der Waals surface area contributed by atoms with Crippen LogP contribution < -0.4 is 11.1 Å². The molecule has 2 aromatic heterocycles. The SMILES string of the molecule is O=C(CCn1c(=O)oc2ccccc21)NCc1ccccc1-n1cccn1. The fourth-order valence-electron chi connectivity index (χ4n) is 3.02. The zero-order valence-electron chi connectivity index (χ0n) is 14.5. The van der Waals surface area contributed by atoms with Gasteiger partial charge in [0, 0.05) is 31.9 Å². The summed E-state index contributed by atoms with van der Waals surface area (Å²) in [5.41, 5.74) is 3.09. The first kappa shape index (κ1) is 16.8. The predicted molar refractivity (Wildman–Crippen MR) is 101 cm³/mol. The average Bonchev–Trinajstić information content (AvgIpc) is 3.32. The highest BCUT2D eigenvalue weighted by Gasteiger charge is 2.11. The average molecular weight is 362 g/mol. The molecule has 0 saturated carbocycles. The lowest BCUT2D eigenvalue weighted by atomic mass is 10.1. The maximum atomic E-state index is 12.3. The third-order valence-electron chi connectivity index (χ3n) is 4.36. The Hall–Kier alpha value is -3.61. The van der Waals surface area contributed by atoms with Gasteiger partial charge in [0.15, 0.2) is 5.58 Å². The normalized spacial score (nSPS) is 11.0. The van der Waals surface area contributed by atoms with E-state index in [-0.39, 0.29) is 18.9 Å². The van der Waals surface area contributed by atoms with Crippen LogP contribution in [0.3, 0.4) is 0 Å². The summed E-state index contributed by atoms with van der Waals surface area (Å²) in [5.74, 6) is -0.588. The van der Waals surface area contributed by atoms with E-state index in [1.54, 1.807) is 29.1 Å². The summed E-state index contributed by atoms with van der Waals surface area (Å²) in [5, 5.41) is 7.14. The fourth-order valence-corrected chi connectivity index (χ4v) is 3.02. The second-order valence-corrected chi connectivity index (χ2v) is 6.09. The molecule has 0 unspecified atom stereocenters. The maximum Gasteiger partial charge on any atom is 0.419 e. The number of amides is 1. The molecule has 0 saturated heterocycles. The van der Waals surface area contributed by atoms with Crippen molar-refractivity contribution in [2.45, 2.75) is 19.5 Å². The number of hydrogen-bond donors (Lipinski definition) is 1. The molecule has 1 N–H and O–H groups in total. The molecule has 0 bridgehead atoms. The molecule has 4 aromatic rings. The van der Waals surface area contributed by atoms with Crippen LogP contribution in [0.2, 0.25) is 0 Å². The van der Waals surface area contributed by atoms with Gasteiger partial charge in [-0.15, -0.1) is 0 Å². The van der Waals surface area contributed by atoms with Gasteiger partial charge in [0.25, 0.3) is 0 Å². The van der Waals surface area contributed by atoms with Gasteiger partial charge in [0.2, 0.25) is 5.91 Å². The summed E-state index contributed by atoms with van der Waals surface area (Å²) in [4.78, 5) is 24.2. The summed E-state index contributed by atoms with van der Waals surface area (Å²) in [6.07, 6.45) is 3.76. The highest BCUT2D eigenvalue weighted by atomic mass is 16.4. The minimum absolute atomic E-state index is 0.137. The molecule has 7 heteroatoms. The highest BCUT2D eigenvalue weighted by Crippen LogP contribution is 2.14. The van der Waals surface area contributed by atoms with E-state index in [4.69, 9.17) is 4.42 Å². The molecule has 4 rings (SSSR count). The Bertz CT molecular complexity index is 1130. The summed E-state index contributed by atoms with van der Waals surface area (Å²) in [6, 6.07) is 16.8. The van der Waals surface area contributed by atoms with Gasteiger partial charge < -0.3 is 9.73 Å². The Morgan fingerprint density at radius 3 is 2.74 bits per heavy atom. The maximum absolute atomic E-state index is 12.3. The number of benzene rings is 2. The molecule has 0 aliphatic carbocycles. The number of nitrogens with one attached hydrogen (secondary N) is 1. The van der Waals surface area contributed by atoms with Crippen LogP contribution >= 0.6 is 0 Å². The fraction of sp³-hybridized carbons (Fsp3) is 0.150. The monoisotopic (exact) mass is 362 g/mol. The molecule has 1 amide bonds. The van der Waals surface area contributed by atoms with Gasteiger partial charge in [0.1, 0.15) is 0 Å². The number of carbonyl (C=O) groups is 1. The molecular weight excluding hydrogens is 344 g/mol. The van der Waals surface area contributed by atoms with Crippen LogP contribution in [0.5, 0.6) is 0 Å². The van der Waals surface area contributed by atoms with Crippen LogP contribution in [-0.2, 0) is 17.9 Å². The number of fused-ring (bicyclic) bond motifs is 1. The van der Waals surface area contributed by atoms with Gasteiger partial charge >= 0.3 is 5.76 Å². The Labute approximate surface area is 154 Å². The Balaban J connectivity index is 1.41. The lowest BCUT2D eigenvalue weighted by molar-refractivity contribution is -0.121. The van der Waals surface area contributed by atoms with Crippen molar-refractivity contribution >= 4 is 17.0 Å². The standard InChI is InChI=1S/C20H18N4O3/c25-19(10-13-23-17-8-3-4-9-18(17)27-20(23)26)21-14-15-6-1-2-7-16(15)24-12-5-11-22-24/h1-9,11-12H,10,13-14H2,(H,21,25). The van der Waals surface area contributed by atoms with Gasteiger partial charge in [-0.25, -0.2) is 9.48 Å². The van der Waals surface area contributed by atoms with Crippen molar-refractivity contribution in [3.05, 3.63) is 83.1 Å². The molecule has 0 aliphatic rings. The molecule has 0 aliphatic heterocycles. The van der Waals surface area contributed by atoms with Crippen LogP contribution in [-0.4, -0.2) is 20.3 Å². The van der Waals surface area contributed by atoms with E-state index >= 15 is 0 Å². The van der Waals surface area contributed by atoms with Crippen LogP contribution in [0.25, 0.3) is 16.8 Å². The van der Waals surface area contributed by atoms with Crippen LogP contribution in [0, 0.1) is 0 Å². The van der Waals surface area contributed by atoms with Gasteiger partial charge in [-0.05, 0) is 29.8 Å². The Morgan fingerprint density at radius 1 is 1.07 bits per heavy atom. The molecule has 7 nitrogen and oxygen atoms in total. The van der Waals surface area contributed by atoms with Crippen molar-refractivity contribution in [1.29, 1.82) is 0 Å². The summed E-state index contributed by atoms with van der Waals surface area (Å²) in [7, 11) is 0. The molecule has 0 atom stereocenters. The van der Waals surface area contributed by atoms with E-state index in [9.17, 15) is 9.59 Å². The number of aromatic nitrogens is 3. The van der Waals surface area contributed by atoms with Crippen LogP contribution in [0.15, 0.2) is 76.2 Å². The zero-order valence-corrected chi connectivity index (χ0v) is 14.5. The first-order valence-corrected chi connectivity index (χ1v) is 8.65.